The number of carbonyl (C=O) groups excluding carboxylic acids is 2. The lowest BCUT2D eigenvalue weighted by Gasteiger charge is -2.11. The van der Waals surface area contributed by atoms with Crippen LogP contribution in [0.15, 0.2) is 61.4 Å². The molecule has 0 fully saturated rings. The van der Waals surface area contributed by atoms with Crippen LogP contribution < -0.4 is 20.7 Å². The molecule has 3 aromatic rings. The summed E-state index contributed by atoms with van der Waals surface area (Å²) in [6, 6.07) is 10.1. The summed E-state index contributed by atoms with van der Waals surface area (Å²) in [4.78, 5) is 35.1. The van der Waals surface area contributed by atoms with Gasteiger partial charge in [-0.1, -0.05) is 12.6 Å². The Bertz CT molecular complexity index is 1260. The molecule has 0 aliphatic carbocycles. The molecule has 0 saturated carbocycles. The molecule has 1 amide bonds. The fourth-order valence-corrected chi connectivity index (χ4v) is 3.31. The van der Waals surface area contributed by atoms with Gasteiger partial charge in [-0.3, -0.25) is 13.8 Å². The second-order valence-electron chi connectivity index (χ2n) is 7.43. The first-order chi connectivity index (χ1) is 17.3. The van der Waals surface area contributed by atoms with Gasteiger partial charge < -0.3 is 20.7 Å². The maximum Gasteiger partial charge on any atom is 0.247 e. The first-order valence-corrected chi connectivity index (χ1v) is 12.4. The Labute approximate surface area is 209 Å². The summed E-state index contributed by atoms with van der Waals surface area (Å²) < 4.78 is 30.9. The lowest BCUT2D eigenvalue weighted by atomic mass is 10.2. The van der Waals surface area contributed by atoms with Crippen molar-refractivity contribution in [2.45, 2.75) is 19.3 Å². The molecule has 1 unspecified atom stereocenters. The van der Waals surface area contributed by atoms with E-state index in [1.807, 2.05) is 0 Å². The van der Waals surface area contributed by atoms with E-state index >= 15 is 0 Å². The fourth-order valence-electron chi connectivity index (χ4n) is 2.88. The van der Waals surface area contributed by atoms with Gasteiger partial charge in [0.15, 0.2) is 11.6 Å². The predicted octanol–water partition coefficient (Wildman–Crippen LogP) is 4.08. The largest absolute Gasteiger partial charge is 0.478 e. The molecule has 188 valence electrons. The van der Waals surface area contributed by atoms with E-state index in [2.05, 4.69) is 37.5 Å². The second-order valence-corrected chi connectivity index (χ2v) is 8.79. The molecule has 0 aliphatic rings. The van der Waals surface area contributed by atoms with Crippen LogP contribution in [-0.2, 0) is 20.4 Å². The lowest BCUT2D eigenvalue weighted by Crippen LogP contribution is -2.07. The zero-order valence-corrected chi connectivity index (χ0v) is 20.3. The minimum absolute atomic E-state index is 0.0574. The van der Waals surface area contributed by atoms with Gasteiger partial charge in [0.05, 0.1) is 35.5 Å². The maximum atomic E-state index is 14.3. The Kier molecular flexibility index (Phi) is 9.57. The minimum Gasteiger partial charge on any atom is -0.478 e. The summed E-state index contributed by atoms with van der Waals surface area (Å²) in [5.41, 5.74) is 1.58. The van der Waals surface area contributed by atoms with Crippen molar-refractivity contribution in [2.75, 3.05) is 28.8 Å². The highest BCUT2D eigenvalue weighted by Crippen LogP contribution is 2.23. The molecule has 3 N–H and O–H groups in total. The van der Waals surface area contributed by atoms with E-state index in [9.17, 15) is 18.2 Å². The summed E-state index contributed by atoms with van der Waals surface area (Å²) in [6.45, 7) is 3.78. The van der Waals surface area contributed by atoms with Gasteiger partial charge in [-0.2, -0.15) is 4.98 Å². The molecular weight excluding hydrogens is 487 g/mol. The predicted molar refractivity (Wildman–Crippen MR) is 136 cm³/mol. The number of hydrogen-bond acceptors (Lipinski definition) is 9. The first-order valence-electron chi connectivity index (χ1n) is 10.9. The second kappa shape index (κ2) is 13.0. The molecule has 0 bridgehead atoms. The summed E-state index contributed by atoms with van der Waals surface area (Å²) in [5.74, 6) is -0.535. The van der Waals surface area contributed by atoms with Crippen LogP contribution in [-0.4, -0.2) is 43.0 Å². The van der Waals surface area contributed by atoms with Gasteiger partial charge in [0.25, 0.3) is 0 Å². The van der Waals surface area contributed by atoms with Crippen LogP contribution in [0.25, 0.3) is 0 Å². The summed E-state index contributed by atoms with van der Waals surface area (Å²) >= 11 is 0. The van der Waals surface area contributed by atoms with Crippen molar-refractivity contribution >= 4 is 50.7 Å². The number of pyridine rings is 1. The molecule has 1 aromatic carbocycles. The normalized spacial score (nSPS) is 11.3. The smallest absolute Gasteiger partial charge is 0.247 e. The van der Waals surface area contributed by atoms with Crippen LogP contribution >= 0.6 is 0 Å². The van der Waals surface area contributed by atoms with Gasteiger partial charge >= 0.3 is 0 Å². The van der Waals surface area contributed by atoms with Gasteiger partial charge in [0.1, 0.15) is 0 Å². The average Bonchev–Trinajstić information content (AvgIpc) is 2.86. The van der Waals surface area contributed by atoms with Crippen LogP contribution in [0.1, 0.15) is 19.3 Å². The quantitative estimate of drug-likeness (QED) is 0.242. The molecule has 1 atom stereocenters. The number of amides is 1. The van der Waals surface area contributed by atoms with Crippen LogP contribution in [0.2, 0.25) is 0 Å². The molecule has 10 nitrogen and oxygen atoms in total. The van der Waals surface area contributed by atoms with E-state index in [-0.39, 0.29) is 29.2 Å². The zero-order chi connectivity index (χ0) is 25.9. The molecule has 0 radical (unpaired) electrons. The number of nitrogens with zero attached hydrogens (tertiary/aromatic N) is 3. The minimum atomic E-state index is -1.44. The third-order valence-electron chi connectivity index (χ3n) is 4.66. The number of carbonyl (C=O) groups is 2. The Morgan fingerprint density at radius 3 is 2.61 bits per heavy atom. The molecule has 0 aliphatic heterocycles. The Balaban J connectivity index is 1.55. The van der Waals surface area contributed by atoms with Crippen LogP contribution in [0.4, 0.5) is 33.2 Å². The van der Waals surface area contributed by atoms with E-state index in [1.54, 1.807) is 36.4 Å². The molecular formula is C24H25FN6O4S. The van der Waals surface area contributed by atoms with Crippen molar-refractivity contribution in [3.8, 4) is 5.88 Å². The molecule has 2 aromatic heterocycles. The van der Waals surface area contributed by atoms with Crippen molar-refractivity contribution in [3.05, 3.63) is 67.3 Å². The van der Waals surface area contributed by atoms with E-state index < -0.39 is 16.6 Å². The Morgan fingerprint density at radius 1 is 1.08 bits per heavy atom. The lowest BCUT2D eigenvalue weighted by molar-refractivity contribution is -0.112. The number of anilines is 5. The zero-order valence-electron chi connectivity index (χ0n) is 19.5. The fraction of sp³-hybridized carbons (Fsp3) is 0.208. The van der Waals surface area contributed by atoms with E-state index in [0.717, 1.165) is 12.3 Å². The highest BCUT2D eigenvalue weighted by atomic mass is 32.2. The molecule has 0 saturated heterocycles. The number of benzene rings is 1. The van der Waals surface area contributed by atoms with Crippen molar-refractivity contribution in [2.24, 2.45) is 0 Å². The number of ether oxygens (including phenoxy) is 1. The van der Waals surface area contributed by atoms with Gasteiger partial charge in [-0.25, -0.2) is 14.4 Å². The standard InChI is InChI=1S/C24H25FN6O4S/c1-3-20(32)28-16-7-6-8-17(13-16)29-23-19(25)15-27-24(31-23)30-18-10-11-21(26-14-18)35-12-5-4-9-22(33)36(2)34/h3,6-8,10-11,13-15H,1,4-5,9,12H2,2H3,(H,28,32)(H2,27,29,30,31). The molecule has 12 heteroatoms. The molecule has 3 rings (SSSR count). The van der Waals surface area contributed by atoms with Gasteiger partial charge in [0.2, 0.25) is 22.9 Å². The first kappa shape index (κ1) is 26.4. The van der Waals surface area contributed by atoms with Gasteiger partial charge in [-0.15, -0.1) is 0 Å². The molecule has 2 heterocycles. The maximum absolute atomic E-state index is 14.3. The van der Waals surface area contributed by atoms with Crippen LogP contribution in [0, 0.1) is 5.82 Å². The summed E-state index contributed by atoms with van der Waals surface area (Å²) in [6.07, 6.45) is 6.55. The Hall–Kier alpha value is -4.19. The number of rotatable bonds is 12. The van der Waals surface area contributed by atoms with E-state index in [4.69, 9.17) is 4.74 Å². The summed E-state index contributed by atoms with van der Waals surface area (Å²) in [5, 5.41) is 8.18. The molecule has 0 spiro atoms. The topological polar surface area (TPSA) is 135 Å². The Morgan fingerprint density at radius 2 is 1.89 bits per heavy atom. The average molecular weight is 513 g/mol. The highest BCUT2D eigenvalue weighted by Gasteiger charge is 2.10. The monoisotopic (exact) mass is 512 g/mol. The van der Waals surface area contributed by atoms with Crippen molar-refractivity contribution in [1.29, 1.82) is 0 Å². The van der Waals surface area contributed by atoms with Gasteiger partial charge in [-0.05, 0) is 43.2 Å². The number of hydrogen-bond donors (Lipinski definition) is 3. The van der Waals surface area contributed by atoms with Crippen molar-refractivity contribution in [3.63, 3.8) is 0 Å². The number of halogens is 1. The SMILES string of the molecule is C=CC(=O)Nc1cccc(Nc2nc(Nc3ccc(OCCCCC(=O)S(C)=O)nc3)ncc2F)c1. The third-order valence-corrected chi connectivity index (χ3v) is 5.51. The summed E-state index contributed by atoms with van der Waals surface area (Å²) in [7, 11) is -1.44. The number of aromatic nitrogens is 3. The van der Waals surface area contributed by atoms with Crippen molar-refractivity contribution < 1.29 is 22.9 Å². The number of unbranched alkanes of at least 4 members (excludes halogenated alkanes) is 1. The van der Waals surface area contributed by atoms with E-state index in [1.165, 1.54) is 12.5 Å². The van der Waals surface area contributed by atoms with Crippen LogP contribution in [0.5, 0.6) is 5.88 Å². The third kappa shape index (κ3) is 8.24. The highest BCUT2D eigenvalue weighted by molar-refractivity contribution is 7.99. The van der Waals surface area contributed by atoms with Crippen molar-refractivity contribution in [1.82, 2.24) is 15.0 Å². The number of nitrogens with one attached hydrogen (secondary N) is 3. The van der Waals surface area contributed by atoms with E-state index in [0.29, 0.717) is 42.4 Å². The molecule has 36 heavy (non-hydrogen) atoms. The van der Waals surface area contributed by atoms with Crippen LogP contribution in [0.3, 0.4) is 0 Å². The van der Waals surface area contributed by atoms with Gasteiger partial charge in [0, 0.05) is 30.1 Å².